The average molecular weight is 339 g/mol. The zero-order valence-corrected chi connectivity index (χ0v) is 13.6. The maximum Gasteiger partial charge on any atom is 0.358 e. The molecule has 0 aliphatic rings. The molecule has 22 heavy (non-hydrogen) atoms. The number of pyridine rings is 1. The van der Waals surface area contributed by atoms with E-state index in [9.17, 15) is 4.79 Å². The predicted molar refractivity (Wildman–Crippen MR) is 88.9 cm³/mol. The Labute approximate surface area is 139 Å². The molecule has 2 aromatic rings. The lowest BCUT2D eigenvalue weighted by atomic mass is 10.3. The van der Waals surface area contributed by atoms with Crippen LogP contribution in [0.25, 0.3) is 0 Å². The number of esters is 1. The molecule has 0 aliphatic heterocycles. The van der Waals surface area contributed by atoms with Crippen molar-refractivity contribution in [1.29, 1.82) is 0 Å². The van der Waals surface area contributed by atoms with Crippen LogP contribution in [-0.2, 0) is 4.74 Å². The minimum atomic E-state index is -0.573. The van der Waals surface area contributed by atoms with Gasteiger partial charge in [0.2, 0.25) is 0 Å². The number of nitrogens with zero attached hydrogens (tertiary/aromatic N) is 2. The molecule has 0 atom stereocenters. The summed E-state index contributed by atoms with van der Waals surface area (Å²) in [4.78, 5) is 18.0. The lowest BCUT2D eigenvalue weighted by molar-refractivity contribution is 0.0508. The quantitative estimate of drug-likeness (QED) is 0.588. The minimum absolute atomic E-state index is 0.0388. The second-order valence-corrected chi connectivity index (χ2v) is 5.31. The van der Waals surface area contributed by atoms with Crippen LogP contribution in [0.4, 0.5) is 5.69 Å². The maximum absolute atomic E-state index is 12.0. The van der Waals surface area contributed by atoms with Gasteiger partial charge in [0.1, 0.15) is 11.8 Å². The summed E-state index contributed by atoms with van der Waals surface area (Å²) in [5.41, 5.74) is 1.12. The Morgan fingerprint density at radius 2 is 1.91 bits per heavy atom. The lowest BCUT2D eigenvalue weighted by Crippen LogP contribution is -2.28. The smallest absolute Gasteiger partial charge is 0.358 e. The van der Waals surface area contributed by atoms with Gasteiger partial charge in [-0.3, -0.25) is 0 Å². The Balaban J connectivity index is 1.92. The molecule has 1 aromatic carbocycles. The first-order chi connectivity index (χ1) is 10.6. The standard InChI is InChI=1S/C16H16Cl2N2O2/c1-2-20(12-6-4-3-5-7-12)10-11-22-16(21)15-13(17)8-9-14(18)19-15/h3-9H,2,10-11H2,1H3. The van der Waals surface area contributed by atoms with Crippen LogP contribution in [0, 0.1) is 0 Å². The van der Waals surface area contributed by atoms with Crippen molar-refractivity contribution in [3.8, 4) is 0 Å². The van der Waals surface area contributed by atoms with Gasteiger partial charge in [0.05, 0.1) is 11.6 Å². The van der Waals surface area contributed by atoms with E-state index in [2.05, 4.69) is 9.88 Å². The number of aromatic nitrogens is 1. The third kappa shape index (κ3) is 4.36. The van der Waals surface area contributed by atoms with Crippen molar-refractivity contribution < 1.29 is 9.53 Å². The molecule has 116 valence electrons. The first-order valence-electron chi connectivity index (χ1n) is 6.91. The highest BCUT2D eigenvalue weighted by Gasteiger charge is 2.15. The number of carbonyl (C=O) groups excluding carboxylic acids is 1. The molecular weight excluding hydrogens is 323 g/mol. The van der Waals surface area contributed by atoms with E-state index in [-0.39, 0.29) is 22.5 Å². The fourth-order valence-electron chi connectivity index (χ4n) is 1.99. The third-order valence-corrected chi connectivity index (χ3v) is 3.62. The van der Waals surface area contributed by atoms with E-state index in [0.29, 0.717) is 6.54 Å². The lowest BCUT2D eigenvalue weighted by Gasteiger charge is -2.22. The number of ether oxygens (including phenoxy) is 1. The van der Waals surface area contributed by atoms with Gasteiger partial charge >= 0.3 is 5.97 Å². The molecule has 0 saturated carbocycles. The second kappa shape index (κ2) is 8.01. The molecular formula is C16H16Cl2N2O2. The molecule has 0 fully saturated rings. The van der Waals surface area contributed by atoms with Crippen LogP contribution in [0.1, 0.15) is 17.4 Å². The second-order valence-electron chi connectivity index (χ2n) is 4.52. The van der Waals surface area contributed by atoms with Gasteiger partial charge in [-0.1, -0.05) is 41.4 Å². The molecule has 6 heteroatoms. The summed E-state index contributed by atoms with van der Waals surface area (Å²) in [6, 6.07) is 13.0. The van der Waals surface area contributed by atoms with E-state index in [0.717, 1.165) is 12.2 Å². The van der Waals surface area contributed by atoms with E-state index >= 15 is 0 Å². The highest BCUT2D eigenvalue weighted by atomic mass is 35.5. The largest absolute Gasteiger partial charge is 0.459 e. The number of halogens is 2. The van der Waals surface area contributed by atoms with Crippen LogP contribution < -0.4 is 4.90 Å². The molecule has 1 aromatic heterocycles. The first-order valence-corrected chi connectivity index (χ1v) is 7.66. The number of para-hydroxylation sites is 1. The Bertz CT molecular complexity index is 635. The predicted octanol–water partition coefficient (Wildman–Crippen LogP) is 4.07. The summed E-state index contributed by atoms with van der Waals surface area (Å²) in [6.07, 6.45) is 0. The van der Waals surface area contributed by atoms with Gasteiger partial charge in [-0.25, -0.2) is 9.78 Å². The number of hydrogen-bond donors (Lipinski definition) is 0. The molecule has 0 amide bonds. The van der Waals surface area contributed by atoms with Gasteiger partial charge < -0.3 is 9.64 Å². The van der Waals surface area contributed by atoms with Crippen molar-refractivity contribution in [3.63, 3.8) is 0 Å². The fraction of sp³-hybridized carbons (Fsp3) is 0.250. The van der Waals surface area contributed by atoms with Crippen molar-refractivity contribution in [2.75, 3.05) is 24.6 Å². The molecule has 0 spiro atoms. The normalized spacial score (nSPS) is 10.3. The van der Waals surface area contributed by atoms with Crippen LogP contribution in [0.15, 0.2) is 42.5 Å². The Hall–Kier alpha value is -1.78. The number of hydrogen-bond acceptors (Lipinski definition) is 4. The van der Waals surface area contributed by atoms with Crippen molar-refractivity contribution >= 4 is 34.9 Å². The fourth-order valence-corrected chi connectivity index (χ4v) is 2.32. The summed E-state index contributed by atoms with van der Waals surface area (Å²) in [5.74, 6) is -0.573. The highest BCUT2D eigenvalue weighted by molar-refractivity contribution is 6.34. The van der Waals surface area contributed by atoms with E-state index in [1.807, 2.05) is 37.3 Å². The molecule has 0 aliphatic carbocycles. The van der Waals surface area contributed by atoms with E-state index < -0.39 is 5.97 Å². The van der Waals surface area contributed by atoms with Gasteiger partial charge in [-0.05, 0) is 31.2 Å². The molecule has 0 bridgehead atoms. The number of likely N-dealkylation sites (N-methyl/N-ethyl adjacent to an activating group) is 1. The van der Waals surface area contributed by atoms with E-state index in [1.165, 1.54) is 12.1 Å². The highest BCUT2D eigenvalue weighted by Crippen LogP contribution is 2.18. The van der Waals surface area contributed by atoms with E-state index in [4.69, 9.17) is 27.9 Å². The number of anilines is 1. The SMILES string of the molecule is CCN(CCOC(=O)c1nc(Cl)ccc1Cl)c1ccccc1. The van der Waals surface area contributed by atoms with Gasteiger partial charge in [-0.2, -0.15) is 0 Å². The Morgan fingerprint density at radius 1 is 1.18 bits per heavy atom. The molecule has 0 N–H and O–H groups in total. The van der Waals surface area contributed by atoms with Crippen molar-refractivity contribution in [1.82, 2.24) is 4.98 Å². The minimum Gasteiger partial charge on any atom is -0.459 e. The van der Waals surface area contributed by atoms with E-state index in [1.54, 1.807) is 0 Å². The monoisotopic (exact) mass is 338 g/mol. The van der Waals surface area contributed by atoms with Crippen molar-refractivity contribution in [3.05, 3.63) is 58.3 Å². The maximum atomic E-state index is 12.0. The Morgan fingerprint density at radius 3 is 2.59 bits per heavy atom. The van der Waals surface area contributed by atoms with Crippen molar-refractivity contribution in [2.24, 2.45) is 0 Å². The zero-order valence-electron chi connectivity index (χ0n) is 12.1. The molecule has 0 saturated heterocycles. The topological polar surface area (TPSA) is 42.4 Å². The van der Waals surface area contributed by atoms with Crippen molar-refractivity contribution in [2.45, 2.75) is 6.92 Å². The van der Waals surface area contributed by atoms with Gasteiger partial charge in [0, 0.05) is 12.2 Å². The van der Waals surface area contributed by atoms with Crippen LogP contribution in [0.5, 0.6) is 0 Å². The summed E-state index contributed by atoms with van der Waals surface area (Å²) >= 11 is 11.7. The molecule has 4 nitrogen and oxygen atoms in total. The molecule has 0 radical (unpaired) electrons. The zero-order chi connectivity index (χ0) is 15.9. The summed E-state index contributed by atoms with van der Waals surface area (Å²) < 4.78 is 5.23. The molecule has 2 rings (SSSR count). The average Bonchev–Trinajstić information content (AvgIpc) is 2.54. The van der Waals surface area contributed by atoms with Gasteiger partial charge in [0.15, 0.2) is 5.69 Å². The van der Waals surface area contributed by atoms with Crippen LogP contribution in [0.3, 0.4) is 0 Å². The van der Waals surface area contributed by atoms with Gasteiger partial charge in [-0.15, -0.1) is 0 Å². The van der Waals surface area contributed by atoms with Gasteiger partial charge in [0.25, 0.3) is 0 Å². The number of carbonyl (C=O) groups is 1. The summed E-state index contributed by atoms with van der Waals surface area (Å²) in [7, 11) is 0. The van der Waals surface area contributed by atoms with Crippen LogP contribution in [-0.4, -0.2) is 30.6 Å². The summed E-state index contributed by atoms with van der Waals surface area (Å²) in [5, 5.41) is 0.431. The number of benzene rings is 1. The number of rotatable bonds is 6. The summed E-state index contributed by atoms with van der Waals surface area (Å²) in [6.45, 7) is 3.69. The Kier molecular flexibility index (Phi) is 6.04. The van der Waals surface area contributed by atoms with Crippen LogP contribution in [0.2, 0.25) is 10.2 Å². The molecule has 1 heterocycles. The van der Waals surface area contributed by atoms with Crippen LogP contribution >= 0.6 is 23.2 Å². The first kappa shape index (κ1) is 16.6. The molecule has 0 unspecified atom stereocenters. The third-order valence-electron chi connectivity index (χ3n) is 3.10.